The number of fused-ring (bicyclic) bond motifs is 1. The maximum Gasteiger partial charge on any atom is 0.407 e. The predicted octanol–water partition coefficient (Wildman–Crippen LogP) is 2.68. The van der Waals surface area contributed by atoms with Gasteiger partial charge in [0.05, 0.1) is 23.1 Å². The van der Waals surface area contributed by atoms with E-state index in [1.165, 1.54) is 24.3 Å². The third-order valence-corrected chi connectivity index (χ3v) is 4.47. The second kappa shape index (κ2) is 7.09. The molecule has 1 saturated carbocycles. The van der Waals surface area contributed by atoms with Crippen molar-refractivity contribution in [3.05, 3.63) is 35.4 Å². The molecule has 8 nitrogen and oxygen atoms in total. The molecule has 29 heavy (non-hydrogen) atoms. The van der Waals surface area contributed by atoms with E-state index in [0.717, 1.165) is 0 Å². The Hall–Kier alpha value is -3.04. The molecule has 2 atom stereocenters. The van der Waals surface area contributed by atoms with Gasteiger partial charge in [-0.3, -0.25) is 9.59 Å². The first-order chi connectivity index (χ1) is 13.4. The van der Waals surface area contributed by atoms with Crippen molar-refractivity contribution >= 4 is 23.9 Å². The second-order valence-corrected chi connectivity index (χ2v) is 7.98. The van der Waals surface area contributed by atoms with Crippen LogP contribution in [0.1, 0.15) is 54.3 Å². The van der Waals surface area contributed by atoms with E-state index < -0.39 is 60.2 Å². The first kappa shape index (κ1) is 20.7. The largest absolute Gasteiger partial charge is 0.444 e. The highest BCUT2D eigenvalue weighted by atomic mass is 19.3. The van der Waals surface area contributed by atoms with E-state index in [1.807, 2.05) is 0 Å². The molecule has 1 N–H and O–H groups in total. The monoisotopic (exact) mass is 410 g/mol. The topological polar surface area (TPSA) is 102 Å². The minimum absolute atomic E-state index is 0.0467. The zero-order valence-corrected chi connectivity index (χ0v) is 16.0. The number of alkyl carbamates (subject to hydrolysis) is 1. The van der Waals surface area contributed by atoms with E-state index in [4.69, 9.17) is 9.57 Å². The van der Waals surface area contributed by atoms with Gasteiger partial charge in [0.2, 0.25) is 0 Å². The lowest BCUT2D eigenvalue weighted by Gasteiger charge is -2.24. The van der Waals surface area contributed by atoms with Crippen LogP contribution >= 0.6 is 0 Å². The van der Waals surface area contributed by atoms with Gasteiger partial charge in [-0.2, -0.15) is 0 Å². The molecular weight excluding hydrogens is 390 g/mol. The Morgan fingerprint density at radius 2 is 1.66 bits per heavy atom. The van der Waals surface area contributed by atoms with Crippen LogP contribution in [-0.4, -0.2) is 46.5 Å². The standard InChI is InChI=1S/C19H20F2N2O6/c1-18(2,3)28-17(27)22-13-9-19(20,21)8-12(13)16(26)29-23-14(24)10-6-4-5-7-11(10)15(23)25/h4-7,12-13H,8-9H2,1-3H3,(H,22,27)/t12-,13+/m1/s1. The molecule has 1 aromatic rings. The molecular formula is C19H20F2N2O6. The van der Waals surface area contributed by atoms with Gasteiger partial charge in [0.1, 0.15) is 5.60 Å². The van der Waals surface area contributed by atoms with Crippen molar-refractivity contribution in [3.63, 3.8) is 0 Å². The Morgan fingerprint density at radius 3 is 2.17 bits per heavy atom. The second-order valence-electron chi connectivity index (χ2n) is 7.98. The number of amides is 3. The number of ether oxygens (including phenoxy) is 1. The van der Waals surface area contributed by atoms with Crippen LogP contribution in [0.2, 0.25) is 0 Å². The van der Waals surface area contributed by atoms with Crippen molar-refractivity contribution < 1.29 is 37.5 Å². The van der Waals surface area contributed by atoms with E-state index in [9.17, 15) is 28.0 Å². The molecule has 2 aliphatic rings. The lowest BCUT2D eigenvalue weighted by atomic mass is 10.0. The first-order valence-corrected chi connectivity index (χ1v) is 8.95. The molecule has 3 amide bonds. The molecule has 1 aliphatic carbocycles. The van der Waals surface area contributed by atoms with Crippen LogP contribution in [0.4, 0.5) is 13.6 Å². The number of alkyl halides is 2. The summed E-state index contributed by atoms with van der Waals surface area (Å²) < 4.78 is 32.9. The number of rotatable bonds is 3. The van der Waals surface area contributed by atoms with Crippen molar-refractivity contribution in [1.29, 1.82) is 0 Å². The third kappa shape index (κ3) is 4.36. The summed E-state index contributed by atoms with van der Waals surface area (Å²) in [6, 6.07) is 4.57. The number of hydrogen-bond donors (Lipinski definition) is 1. The molecule has 1 aromatic carbocycles. The number of hydrogen-bond acceptors (Lipinski definition) is 6. The number of benzene rings is 1. The SMILES string of the molecule is CC(C)(C)OC(=O)N[C@H]1CC(F)(F)C[C@H]1C(=O)ON1C(=O)c2ccccc2C1=O. The Morgan fingerprint density at radius 1 is 1.10 bits per heavy atom. The minimum atomic E-state index is -3.23. The summed E-state index contributed by atoms with van der Waals surface area (Å²) >= 11 is 0. The van der Waals surface area contributed by atoms with E-state index in [-0.39, 0.29) is 16.2 Å². The zero-order chi connectivity index (χ0) is 21.6. The highest BCUT2D eigenvalue weighted by Gasteiger charge is 2.52. The molecule has 0 bridgehead atoms. The quantitative estimate of drug-likeness (QED) is 0.769. The molecule has 0 radical (unpaired) electrons. The molecule has 10 heteroatoms. The number of nitrogens with one attached hydrogen (secondary N) is 1. The maximum atomic E-state index is 13.9. The summed E-state index contributed by atoms with van der Waals surface area (Å²) in [6.45, 7) is 4.80. The van der Waals surface area contributed by atoms with Crippen LogP contribution in [0.5, 0.6) is 0 Å². The Kier molecular flexibility index (Phi) is 5.06. The predicted molar refractivity (Wildman–Crippen MR) is 93.9 cm³/mol. The number of halogens is 2. The Bertz CT molecular complexity index is 845. The number of hydroxylamine groups is 2. The highest BCUT2D eigenvalue weighted by molar-refractivity contribution is 6.20. The van der Waals surface area contributed by atoms with Crippen LogP contribution in [-0.2, 0) is 14.4 Å². The summed E-state index contributed by atoms with van der Waals surface area (Å²) in [4.78, 5) is 53.9. The van der Waals surface area contributed by atoms with Crippen molar-refractivity contribution in [2.45, 2.75) is 51.2 Å². The molecule has 0 aromatic heterocycles. The summed E-state index contributed by atoms with van der Waals surface area (Å²) in [6.07, 6.45) is -2.65. The lowest BCUT2D eigenvalue weighted by molar-refractivity contribution is -0.174. The van der Waals surface area contributed by atoms with Crippen LogP contribution in [0, 0.1) is 5.92 Å². The van der Waals surface area contributed by atoms with Gasteiger partial charge >= 0.3 is 12.1 Å². The zero-order valence-electron chi connectivity index (χ0n) is 16.0. The number of imide groups is 1. The van der Waals surface area contributed by atoms with E-state index in [0.29, 0.717) is 0 Å². The van der Waals surface area contributed by atoms with Gasteiger partial charge in [-0.1, -0.05) is 17.2 Å². The number of nitrogens with zero attached hydrogens (tertiary/aromatic N) is 1. The highest BCUT2D eigenvalue weighted by Crippen LogP contribution is 2.40. The lowest BCUT2D eigenvalue weighted by Crippen LogP contribution is -2.45. The van der Waals surface area contributed by atoms with E-state index >= 15 is 0 Å². The average Bonchev–Trinajstić information content (AvgIpc) is 3.02. The van der Waals surface area contributed by atoms with Crippen LogP contribution in [0.25, 0.3) is 0 Å². The summed E-state index contributed by atoms with van der Waals surface area (Å²) in [5.74, 6) is -7.62. The van der Waals surface area contributed by atoms with Crippen molar-refractivity contribution in [1.82, 2.24) is 10.4 Å². The number of carbonyl (C=O) groups is 4. The molecule has 0 saturated heterocycles. The smallest absolute Gasteiger partial charge is 0.407 e. The van der Waals surface area contributed by atoms with Gasteiger partial charge in [0.15, 0.2) is 0 Å². The number of carbonyl (C=O) groups excluding carboxylic acids is 4. The fraction of sp³-hybridized carbons (Fsp3) is 0.474. The average molecular weight is 410 g/mol. The molecule has 156 valence electrons. The third-order valence-electron chi connectivity index (χ3n) is 4.47. The minimum Gasteiger partial charge on any atom is -0.444 e. The summed E-state index contributed by atoms with van der Waals surface area (Å²) in [5.41, 5.74) is -0.766. The van der Waals surface area contributed by atoms with Crippen LogP contribution in [0.15, 0.2) is 24.3 Å². The van der Waals surface area contributed by atoms with Gasteiger partial charge < -0.3 is 14.9 Å². The summed E-state index contributed by atoms with van der Waals surface area (Å²) in [7, 11) is 0. The van der Waals surface area contributed by atoms with Gasteiger partial charge in [-0.25, -0.2) is 18.4 Å². The van der Waals surface area contributed by atoms with Crippen LogP contribution < -0.4 is 5.32 Å². The van der Waals surface area contributed by atoms with Crippen LogP contribution in [0.3, 0.4) is 0 Å². The first-order valence-electron chi connectivity index (χ1n) is 8.95. The van der Waals surface area contributed by atoms with Gasteiger partial charge in [-0.15, -0.1) is 0 Å². The molecule has 1 fully saturated rings. The van der Waals surface area contributed by atoms with Gasteiger partial charge in [0, 0.05) is 12.8 Å². The fourth-order valence-corrected chi connectivity index (χ4v) is 3.28. The molecule has 1 aliphatic heterocycles. The maximum absolute atomic E-state index is 13.9. The van der Waals surface area contributed by atoms with Crippen molar-refractivity contribution in [2.24, 2.45) is 5.92 Å². The Balaban J connectivity index is 1.72. The van der Waals surface area contributed by atoms with E-state index in [1.54, 1.807) is 20.8 Å². The Labute approximate surface area is 165 Å². The molecule has 0 spiro atoms. The van der Waals surface area contributed by atoms with Crippen molar-refractivity contribution in [2.75, 3.05) is 0 Å². The summed E-state index contributed by atoms with van der Waals surface area (Å²) in [5, 5.41) is 2.51. The van der Waals surface area contributed by atoms with Crippen molar-refractivity contribution in [3.8, 4) is 0 Å². The van der Waals surface area contributed by atoms with Gasteiger partial charge in [0.25, 0.3) is 17.7 Å². The molecule has 3 rings (SSSR count). The normalized spacial score (nSPS) is 23.0. The van der Waals surface area contributed by atoms with E-state index in [2.05, 4.69) is 5.32 Å². The molecule has 1 heterocycles. The fourth-order valence-electron chi connectivity index (χ4n) is 3.28. The molecule has 0 unspecified atom stereocenters. The van der Waals surface area contributed by atoms with Gasteiger partial charge in [-0.05, 0) is 32.9 Å².